The number of nitrogens with zero attached hydrogens (tertiary/aromatic N) is 1. The van der Waals surface area contributed by atoms with Crippen molar-refractivity contribution < 1.29 is 27.1 Å². The van der Waals surface area contributed by atoms with Gasteiger partial charge in [0, 0.05) is 29.4 Å². The number of sulfonamides is 1. The van der Waals surface area contributed by atoms with E-state index in [-0.39, 0.29) is 29.8 Å². The van der Waals surface area contributed by atoms with E-state index >= 15 is 0 Å². The number of carbonyl (C=O) groups excluding carboxylic acids is 2. The standard InChI is InChI=1S/C22H21FN2O5S2/c1-30-22(27)20-13-15-12-17(4-7-19(15)31-20)24-21(26)14-8-10-25(11-9-14)32(28,29)18-5-2-16(23)3-6-18/h2-7,12-14H,8-11H2,1H3,(H,24,26). The average molecular weight is 477 g/mol. The lowest BCUT2D eigenvalue weighted by molar-refractivity contribution is -0.120. The topological polar surface area (TPSA) is 92.8 Å². The molecule has 4 rings (SSSR count). The van der Waals surface area contributed by atoms with Crippen LogP contribution in [0.4, 0.5) is 10.1 Å². The molecule has 0 radical (unpaired) electrons. The summed E-state index contributed by atoms with van der Waals surface area (Å²) in [6.45, 7) is 0.424. The number of amides is 1. The number of fused-ring (bicyclic) bond motifs is 1. The Hall–Kier alpha value is -2.82. The molecule has 1 aliphatic heterocycles. The number of thiophene rings is 1. The van der Waals surface area contributed by atoms with Gasteiger partial charge in [-0.15, -0.1) is 11.3 Å². The van der Waals surface area contributed by atoms with E-state index in [2.05, 4.69) is 5.32 Å². The number of ether oxygens (including phenoxy) is 1. The molecule has 0 bridgehead atoms. The van der Waals surface area contributed by atoms with E-state index in [9.17, 15) is 22.4 Å². The van der Waals surface area contributed by atoms with Gasteiger partial charge in [0.1, 0.15) is 10.7 Å². The summed E-state index contributed by atoms with van der Waals surface area (Å²) in [5.74, 6) is -1.40. The first-order valence-electron chi connectivity index (χ1n) is 9.96. The monoisotopic (exact) mass is 476 g/mol. The predicted molar refractivity (Wildman–Crippen MR) is 120 cm³/mol. The van der Waals surface area contributed by atoms with Gasteiger partial charge in [-0.2, -0.15) is 4.31 Å². The number of hydrogen-bond acceptors (Lipinski definition) is 6. The van der Waals surface area contributed by atoms with E-state index in [0.29, 0.717) is 23.4 Å². The van der Waals surface area contributed by atoms with Crippen LogP contribution in [0, 0.1) is 11.7 Å². The molecule has 1 amide bonds. The third kappa shape index (κ3) is 4.52. The zero-order chi connectivity index (χ0) is 22.9. The van der Waals surface area contributed by atoms with E-state index in [1.54, 1.807) is 18.2 Å². The Morgan fingerprint density at radius 1 is 1.09 bits per heavy atom. The van der Waals surface area contributed by atoms with Crippen molar-refractivity contribution in [1.82, 2.24) is 4.31 Å². The molecule has 1 aliphatic rings. The summed E-state index contributed by atoms with van der Waals surface area (Å²) < 4.78 is 45.5. The normalized spacial score (nSPS) is 15.6. The first-order valence-corrected chi connectivity index (χ1v) is 12.2. The SMILES string of the molecule is COC(=O)c1cc2cc(NC(=O)C3CCN(S(=O)(=O)c4ccc(F)cc4)CC3)ccc2s1. The van der Waals surface area contributed by atoms with Crippen molar-refractivity contribution in [3.63, 3.8) is 0 Å². The van der Waals surface area contributed by atoms with Crippen molar-refractivity contribution >= 4 is 49.0 Å². The number of methoxy groups -OCH3 is 1. The van der Waals surface area contributed by atoms with Crippen LogP contribution in [0.15, 0.2) is 53.4 Å². The maximum atomic E-state index is 13.1. The van der Waals surface area contributed by atoms with Crippen molar-refractivity contribution in [1.29, 1.82) is 0 Å². The van der Waals surface area contributed by atoms with E-state index in [1.165, 1.54) is 34.9 Å². The molecule has 0 aliphatic carbocycles. The maximum Gasteiger partial charge on any atom is 0.348 e. The Kier molecular flexibility index (Phi) is 6.27. The van der Waals surface area contributed by atoms with Gasteiger partial charge < -0.3 is 10.1 Å². The highest BCUT2D eigenvalue weighted by Gasteiger charge is 2.32. The molecular formula is C22H21FN2O5S2. The highest BCUT2D eigenvalue weighted by Crippen LogP contribution is 2.30. The Morgan fingerprint density at radius 2 is 1.78 bits per heavy atom. The highest BCUT2D eigenvalue weighted by atomic mass is 32.2. The Bertz CT molecular complexity index is 1260. The first-order chi connectivity index (χ1) is 15.3. The van der Waals surface area contributed by atoms with Gasteiger partial charge >= 0.3 is 5.97 Å². The quantitative estimate of drug-likeness (QED) is 0.565. The first kappa shape index (κ1) is 22.4. The van der Waals surface area contributed by atoms with Crippen LogP contribution >= 0.6 is 11.3 Å². The van der Waals surface area contributed by atoms with E-state index in [1.807, 2.05) is 6.07 Å². The number of rotatable bonds is 5. The molecule has 168 valence electrons. The van der Waals surface area contributed by atoms with Crippen LogP contribution in [-0.2, 0) is 19.6 Å². The number of carbonyl (C=O) groups is 2. The number of anilines is 1. The molecule has 32 heavy (non-hydrogen) atoms. The molecule has 1 N–H and O–H groups in total. The maximum absolute atomic E-state index is 13.1. The van der Waals surface area contributed by atoms with Crippen LogP contribution in [0.2, 0.25) is 0 Å². The fourth-order valence-corrected chi connectivity index (χ4v) is 6.11. The van der Waals surface area contributed by atoms with Crippen LogP contribution in [0.1, 0.15) is 22.5 Å². The van der Waals surface area contributed by atoms with Crippen molar-refractivity contribution in [2.24, 2.45) is 5.92 Å². The average Bonchev–Trinajstić information content (AvgIpc) is 3.22. The van der Waals surface area contributed by atoms with Gasteiger partial charge in [-0.3, -0.25) is 4.79 Å². The summed E-state index contributed by atoms with van der Waals surface area (Å²) in [5.41, 5.74) is 0.609. The van der Waals surface area contributed by atoms with E-state index in [0.717, 1.165) is 22.2 Å². The lowest BCUT2D eigenvalue weighted by Crippen LogP contribution is -2.41. The zero-order valence-corrected chi connectivity index (χ0v) is 18.8. The van der Waals surface area contributed by atoms with Gasteiger partial charge in [0.05, 0.1) is 12.0 Å². The number of halogens is 1. The van der Waals surface area contributed by atoms with Crippen molar-refractivity contribution in [3.8, 4) is 0 Å². The number of piperidine rings is 1. The molecule has 1 saturated heterocycles. The Labute approximate surface area is 188 Å². The molecule has 0 saturated carbocycles. The second-order valence-electron chi connectivity index (χ2n) is 7.48. The molecule has 10 heteroatoms. The molecule has 3 aromatic rings. The predicted octanol–water partition coefficient (Wildman–Crippen LogP) is 3.87. The van der Waals surface area contributed by atoms with Gasteiger partial charge in [0.25, 0.3) is 0 Å². The van der Waals surface area contributed by atoms with Gasteiger partial charge in [-0.05, 0) is 66.8 Å². The fourth-order valence-electron chi connectivity index (χ4n) is 3.68. The molecule has 0 spiro atoms. The van der Waals surface area contributed by atoms with Crippen LogP contribution in [0.5, 0.6) is 0 Å². The van der Waals surface area contributed by atoms with Crippen LogP contribution in [-0.4, -0.2) is 44.8 Å². The van der Waals surface area contributed by atoms with Crippen molar-refractivity contribution in [2.75, 3.05) is 25.5 Å². The molecule has 1 aromatic heterocycles. The number of nitrogens with one attached hydrogen (secondary N) is 1. The number of esters is 1. The lowest BCUT2D eigenvalue weighted by atomic mass is 9.97. The van der Waals surface area contributed by atoms with Gasteiger partial charge in [0.15, 0.2) is 0 Å². The summed E-state index contributed by atoms with van der Waals surface area (Å²) >= 11 is 1.32. The van der Waals surface area contributed by atoms with E-state index in [4.69, 9.17) is 4.74 Å². The van der Waals surface area contributed by atoms with Gasteiger partial charge in [0.2, 0.25) is 15.9 Å². The minimum absolute atomic E-state index is 0.0391. The van der Waals surface area contributed by atoms with E-state index < -0.39 is 21.8 Å². The molecule has 1 fully saturated rings. The second kappa shape index (κ2) is 8.97. The fraction of sp³-hybridized carbons (Fsp3) is 0.273. The second-order valence-corrected chi connectivity index (χ2v) is 10.5. The van der Waals surface area contributed by atoms with Crippen LogP contribution < -0.4 is 5.32 Å². The van der Waals surface area contributed by atoms with Crippen LogP contribution in [0.25, 0.3) is 10.1 Å². The summed E-state index contributed by atoms with van der Waals surface area (Å²) in [6.07, 6.45) is 0.777. The minimum Gasteiger partial charge on any atom is -0.465 e. The molecule has 2 heterocycles. The Balaban J connectivity index is 1.39. The third-order valence-electron chi connectivity index (χ3n) is 5.45. The zero-order valence-electron chi connectivity index (χ0n) is 17.2. The Morgan fingerprint density at radius 3 is 2.44 bits per heavy atom. The summed E-state index contributed by atoms with van der Waals surface area (Å²) in [4.78, 5) is 25.0. The molecule has 2 aromatic carbocycles. The molecule has 7 nitrogen and oxygen atoms in total. The number of hydrogen-bond donors (Lipinski definition) is 1. The smallest absolute Gasteiger partial charge is 0.348 e. The highest BCUT2D eigenvalue weighted by molar-refractivity contribution is 7.89. The molecule has 0 unspecified atom stereocenters. The summed E-state index contributed by atoms with van der Waals surface area (Å²) in [6, 6.07) is 11.8. The lowest BCUT2D eigenvalue weighted by Gasteiger charge is -2.30. The third-order valence-corrected chi connectivity index (χ3v) is 8.46. The summed E-state index contributed by atoms with van der Waals surface area (Å²) in [5, 5.41) is 3.71. The van der Waals surface area contributed by atoms with Crippen LogP contribution in [0.3, 0.4) is 0 Å². The van der Waals surface area contributed by atoms with Crippen molar-refractivity contribution in [2.45, 2.75) is 17.7 Å². The number of benzene rings is 2. The summed E-state index contributed by atoms with van der Waals surface area (Å²) in [7, 11) is -2.39. The largest absolute Gasteiger partial charge is 0.465 e. The molecular weight excluding hydrogens is 455 g/mol. The van der Waals surface area contributed by atoms with Crippen molar-refractivity contribution in [3.05, 3.63) is 59.2 Å². The van der Waals surface area contributed by atoms with Gasteiger partial charge in [-0.25, -0.2) is 17.6 Å². The molecule has 0 atom stereocenters. The minimum atomic E-state index is -3.72. The van der Waals surface area contributed by atoms with Gasteiger partial charge in [-0.1, -0.05) is 0 Å².